The molecule has 5 nitrogen and oxygen atoms in total. The van der Waals surface area contributed by atoms with Gasteiger partial charge in [0.05, 0.1) is 0 Å². The summed E-state index contributed by atoms with van der Waals surface area (Å²) >= 11 is 1.52. The summed E-state index contributed by atoms with van der Waals surface area (Å²) in [6, 6.07) is 10.4. The molecule has 1 unspecified atom stereocenters. The number of nitrogens with one attached hydrogen (secondary N) is 2. The number of thioether (sulfide) groups is 1. The Kier molecular flexibility index (Phi) is 6.39. The fourth-order valence-corrected chi connectivity index (χ4v) is 7.95. The van der Waals surface area contributed by atoms with E-state index in [1.54, 1.807) is 0 Å². The molecule has 1 amide bonds. The third-order valence-corrected chi connectivity index (χ3v) is 9.35. The lowest BCUT2D eigenvalue weighted by Gasteiger charge is -2.59. The highest BCUT2D eigenvalue weighted by Crippen LogP contribution is 2.61. The third kappa shape index (κ3) is 4.91. The number of hydrogen-bond acceptors (Lipinski definition) is 4. The second-order valence-electron chi connectivity index (χ2n) is 10.8. The Hall–Kier alpha value is -2.08. The van der Waals surface area contributed by atoms with Gasteiger partial charge in [-0.05, 0) is 87.5 Å². The molecule has 0 spiro atoms. The van der Waals surface area contributed by atoms with Crippen LogP contribution in [0.5, 0.6) is 0 Å². The lowest BCUT2D eigenvalue weighted by Crippen LogP contribution is -2.55. The SMILES string of the molecule is Cc1nc(SCc2ccccc2)[nH]c(=O)c1CCC(=O)NC(C)C12CC3CC(CC(C3)C1)C2. The van der Waals surface area contributed by atoms with Crippen LogP contribution in [0.2, 0.25) is 0 Å². The molecule has 4 bridgehead atoms. The van der Waals surface area contributed by atoms with Crippen LogP contribution in [0.3, 0.4) is 0 Å². The summed E-state index contributed by atoms with van der Waals surface area (Å²) in [6.07, 6.45) is 8.84. The first-order valence-electron chi connectivity index (χ1n) is 12.5. The van der Waals surface area contributed by atoms with Crippen LogP contribution in [0.25, 0.3) is 0 Å². The lowest BCUT2D eigenvalue weighted by molar-refractivity contribution is -0.125. The molecule has 4 aliphatic carbocycles. The van der Waals surface area contributed by atoms with Crippen molar-refractivity contribution in [3.8, 4) is 0 Å². The van der Waals surface area contributed by atoms with Gasteiger partial charge in [0.15, 0.2) is 5.16 Å². The molecule has 4 aliphatic rings. The first kappa shape index (κ1) is 22.7. The van der Waals surface area contributed by atoms with Crippen molar-refractivity contribution in [1.82, 2.24) is 15.3 Å². The predicted molar refractivity (Wildman–Crippen MR) is 132 cm³/mol. The molecule has 1 aromatic heterocycles. The number of nitrogens with zero attached hydrogens (tertiary/aromatic N) is 1. The van der Waals surface area contributed by atoms with E-state index in [0.717, 1.165) is 29.2 Å². The molecule has 2 aromatic rings. The summed E-state index contributed by atoms with van der Waals surface area (Å²) in [5.41, 5.74) is 2.71. The van der Waals surface area contributed by atoms with Gasteiger partial charge < -0.3 is 10.3 Å². The fraction of sp³-hybridized carbons (Fsp3) is 0.593. The number of H-pyrrole nitrogens is 1. The van der Waals surface area contributed by atoms with Crippen molar-refractivity contribution in [3.63, 3.8) is 0 Å². The zero-order valence-corrected chi connectivity index (χ0v) is 20.5. The summed E-state index contributed by atoms with van der Waals surface area (Å²) < 4.78 is 0. The average molecular weight is 466 g/mol. The molecule has 33 heavy (non-hydrogen) atoms. The van der Waals surface area contributed by atoms with Gasteiger partial charge in [0.2, 0.25) is 5.91 Å². The summed E-state index contributed by atoms with van der Waals surface area (Å²) in [6.45, 7) is 4.08. The number of hydrogen-bond donors (Lipinski definition) is 2. The monoisotopic (exact) mass is 465 g/mol. The van der Waals surface area contributed by atoms with Crippen LogP contribution in [0.15, 0.2) is 40.3 Å². The van der Waals surface area contributed by atoms with Crippen LogP contribution < -0.4 is 10.9 Å². The van der Waals surface area contributed by atoms with Gasteiger partial charge in [-0.2, -0.15) is 0 Å². The Morgan fingerprint density at radius 3 is 2.39 bits per heavy atom. The van der Waals surface area contributed by atoms with E-state index in [0.29, 0.717) is 29.0 Å². The number of aromatic amines is 1. The molecule has 1 aromatic carbocycles. The van der Waals surface area contributed by atoms with E-state index in [-0.39, 0.29) is 17.5 Å². The number of amides is 1. The van der Waals surface area contributed by atoms with Crippen molar-refractivity contribution in [2.24, 2.45) is 23.2 Å². The highest BCUT2D eigenvalue weighted by molar-refractivity contribution is 7.98. The quantitative estimate of drug-likeness (QED) is 0.424. The number of aryl methyl sites for hydroxylation is 1. The summed E-state index contributed by atoms with van der Waals surface area (Å²) in [5, 5.41) is 3.95. The molecule has 176 valence electrons. The molecule has 0 radical (unpaired) electrons. The zero-order chi connectivity index (χ0) is 23.0. The van der Waals surface area contributed by atoms with Gasteiger partial charge in [-0.25, -0.2) is 4.98 Å². The molecule has 2 N–H and O–H groups in total. The molecule has 0 aliphatic heterocycles. The topological polar surface area (TPSA) is 74.8 Å². The Bertz CT molecular complexity index is 1030. The van der Waals surface area contributed by atoms with Gasteiger partial charge in [0, 0.05) is 29.5 Å². The summed E-state index contributed by atoms with van der Waals surface area (Å²) in [5.74, 6) is 3.44. The van der Waals surface area contributed by atoms with Gasteiger partial charge in [-0.15, -0.1) is 0 Å². The lowest BCUT2D eigenvalue weighted by atomic mass is 9.48. The largest absolute Gasteiger partial charge is 0.353 e. The van der Waals surface area contributed by atoms with E-state index in [1.807, 2.05) is 25.1 Å². The smallest absolute Gasteiger partial charge is 0.254 e. The second kappa shape index (κ2) is 9.28. The molecule has 1 heterocycles. The van der Waals surface area contributed by atoms with E-state index in [1.165, 1.54) is 55.9 Å². The van der Waals surface area contributed by atoms with Crippen molar-refractivity contribution in [3.05, 3.63) is 57.5 Å². The van der Waals surface area contributed by atoms with E-state index >= 15 is 0 Å². The Morgan fingerprint density at radius 2 is 1.79 bits per heavy atom. The van der Waals surface area contributed by atoms with Crippen LogP contribution in [-0.4, -0.2) is 21.9 Å². The first-order chi connectivity index (χ1) is 15.9. The van der Waals surface area contributed by atoms with Crippen molar-refractivity contribution in [2.75, 3.05) is 0 Å². The fourth-order valence-electron chi connectivity index (χ4n) is 7.09. The highest BCUT2D eigenvalue weighted by atomic mass is 32.2. The molecule has 6 rings (SSSR count). The molecular formula is C27H35N3O2S. The van der Waals surface area contributed by atoms with Gasteiger partial charge in [0.1, 0.15) is 0 Å². The number of carbonyl (C=O) groups is 1. The van der Waals surface area contributed by atoms with E-state index < -0.39 is 0 Å². The van der Waals surface area contributed by atoms with Crippen LogP contribution in [0.4, 0.5) is 0 Å². The minimum atomic E-state index is -0.125. The van der Waals surface area contributed by atoms with Gasteiger partial charge in [0.25, 0.3) is 5.56 Å². The van der Waals surface area contributed by atoms with Crippen LogP contribution >= 0.6 is 11.8 Å². The molecule has 4 fully saturated rings. The second-order valence-corrected chi connectivity index (χ2v) is 11.7. The molecular weight excluding hydrogens is 430 g/mol. The zero-order valence-electron chi connectivity index (χ0n) is 19.7. The number of rotatable bonds is 8. The Morgan fingerprint density at radius 1 is 1.15 bits per heavy atom. The van der Waals surface area contributed by atoms with E-state index in [4.69, 9.17) is 0 Å². The summed E-state index contributed by atoms with van der Waals surface area (Å²) in [4.78, 5) is 33.0. The maximum atomic E-state index is 12.8. The van der Waals surface area contributed by atoms with Crippen molar-refractivity contribution >= 4 is 17.7 Å². The van der Waals surface area contributed by atoms with Crippen LogP contribution in [-0.2, 0) is 17.0 Å². The summed E-state index contributed by atoms with van der Waals surface area (Å²) in [7, 11) is 0. The van der Waals surface area contributed by atoms with Gasteiger partial charge in [-0.3, -0.25) is 9.59 Å². The normalized spacial score (nSPS) is 28.6. The van der Waals surface area contributed by atoms with Crippen molar-refractivity contribution in [1.29, 1.82) is 0 Å². The van der Waals surface area contributed by atoms with Crippen LogP contribution in [0.1, 0.15) is 68.7 Å². The Balaban J connectivity index is 1.16. The standard InChI is InChI=1S/C27H35N3O2S/c1-17-23(25(32)30-26(28-17)33-16-19-6-4-3-5-7-19)8-9-24(31)29-18(2)27-13-20-10-21(14-27)12-22(11-20)15-27/h3-7,18,20-22H,8-16H2,1-2H3,(H,29,31)(H,28,30,32). The molecule has 6 heteroatoms. The molecule has 0 saturated heterocycles. The van der Waals surface area contributed by atoms with E-state index in [2.05, 4.69) is 34.3 Å². The number of carbonyl (C=O) groups excluding carboxylic acids is 1. The maximum Gasteiger partial charge on any atom is 0.254 e. The van der Waals surface area contributed by atoms with Crippen LogP contribution in [0, 0.1) is 30.1 Å². The Labute approximate surface area is 200 Å². The third-order valence-electron chi connectivity index (χ3n) is 8.40. The van der Waals surface area contributed by atoms with E-state index in [9.17, 15) is 9.59 Å². The van der Waals surface area contributed by atoms with Crippen molar-refractivity contribution < 1.29 is 4.79 Å². The van der Waals surface area contributed by atoms with Crippen molar-refractivity contribution in [2.45, 2.75) is 82.2 Å². The molecule has 4 saturated carbocycles. The first-order valence-corrected chi connectivity index (χ1v) is 13.4. The average Bonchev–Trinajstić information content (AvgIpc) is 2.77. The number of benzene rings is 1. The molecule has 1 atom stereocenters. The number of aromatic nitrogens is 2. The minimum absolute atomic E-state index is 0.0552. The predicted octanol–water partition coefficient (Wildman–Crippen LogP) is 5.02. The van der Waals surface area contributed by atoms with Gasteiger partial charge in [-0.1, -0.05) is 42.1 Å². The maximum absolute atomic E-state index is 12.8. The van der Waals surface area contributed by atoms with Gasteiger partial charge >= 0.3 is 0 Å². The minimum Gasteiger partial charge on any atom is -0.353 e. The highest BCUT2D eigenvalue weighted by Gasteiger charge is 2.53.